The first-order valence-electron chi connectivity index (χ1n) is 14.6. The Morgan fingerprint density at radius 2 is 1.70 bits per heavy atom. The van der Waals surface area contributed by atoms with Crippen molar-refractivity contribution < 1.29 is 28.6 Å². The van der Waals surface area contributed by atoms with Gasteiger partial charge in [-0.3, -0.25) is 4.79 Å². The summed E-state index contributed by atoms with van der Waals surface area (Å²) in [5.41, 5.74) is 3.06. The zero-order valence-corrected chi connectivity index (χ0v) is 23.7. The molecule has 10 heteroatoms. The van der Waals surface area contributed by atoms with Crippen LogP contribution in [0.2, 0.25) is 0 Å². The Morgan fingerprint density at radius 3 is 2.50 bits per heavy atom. The molecule has 2 bridgehead atoms. The molecule has 1 saturated heterocycles. The molecular weight excluding hydrogens is 560 g/mol. The molecule has 1 amide bonds. The number of nitrogens with zero attached hydrogens (tertiary/aromatic N) is 2. The van der Waals surface area contributed by atoms with E-state index in [0.717, 1.165) is 49.2 Å². The van der Waals surface area contributed by atoms with Crippen molar-refractivity contribution in [2.75, 3.05) is 12.4 Å². The number of aromatic nitrogens is 2. The third-order valence-electron chi connectivity index (χ3n) is 10.2. The predicted octanol–water partition coefficient (Wildman–Crippen LogP) is 5.31. The number of anilines is 1. The van der Waals surface area contributed by atoms with E-state index in [1.54, 1.807) is 18.2 Å². The number of carbonyl (C=O) groups is 3. The topological polar surface area (TPSA) is 113 Å². The summed E-state index contributed by atoms with van der Waals surface area (Å²) in [6, 6.07) is 21.0. The van der Waals surface area contributed by atoms with Crippen LogP contribution in [0.3, 0.4) is 0 Å². The summed E-state index contributed by atoms with van der Waals surface area (Å²) in [4.78, 5) is 40.8. The smallest absolute Gasteiger partial charge is 0.342 e. The second-order valence-electron chi connectivity index (χ2n) is 12.1. The molecule has 6 aromatic rings. The summed E-state index contributed by atoms with van der Waals surface area (Å²) < 4.78 is 22.5. The average Bonchev–Trinajstić information content (AvgIpc) is 3.74. The first-order valence-corrected chi connectivity index (χ1v) is 14.6. The highest BCUT2D eigenvalue weighted by Gasteiger charge is 2.68. The van der Waals surface area contributed by atoms with Crippen LogP contribution in [0.4, 0.5) is 5.69 Å². The van der Waals surface area contributed by atoms with E-state index in [9.17, 15) is 14.4 Å². The number of methoxy groups -OCH3 is 1. The Bertz CT molecular complexity index is 2390. The van der Waals surface area contributed by atoms with Crippen molar-refractivity contribution in [3.63, 3.8) is 0 Å². The molecule has 1 spiro atoms. The molecule has 4 aliphatic rings. The minimum absolute atomic E-state index is 0.0934. The Morgan fingerprint density at radius 1 is 0.955 bits per heavy atom. The number of rotatable bonds is 1. The van der Waals surface area contributed by atoms with Crippen LogP contribution in [0.15, 0.2) is 66.7 Å². The summed E-state index contributed by atoms with van der Waals surface area (Å²) in [7, 11) is 1.32. The van der Waals surface area contributed by atoms with Crippen molar-refractivity contribution in [2.45, 2.75) is 37.4 Å². The van der Waals surface area contributed by atoms with Gasteiger partial charge in [-0.15, -0.1) is 0 Å². The van der Waals surface area contributed by atoms with Crippen LogP contribution in [-0.2, 0) is 26.5 Å². The van der Waals surface area contributed by atoms with E-state index >= 15 is 0 Å². The predicted molar refractivity (Wildman–Crippen MR) is 162 cm³/mol. The first kappa shape index (κ1) is 24.1. The number of esters is 2. The molecule has 10 nitrogen and oxygen atoms in total. The molecule has 2 N–H and O–H groups in total. The highest BCUT2D eigenvalue weighted by atomic mass is 16.6. The molecule has 2 aromatic heterocycles. The maximum absolute atomic E-state index is 14.4. The minimum Gasteiger partial charge on any atom is -0.465 e. The van der Waals surface area contributed by atoms with Crippen LogP contribution in [0.5, 0.6) is 5.75 Å². The van der Waals surface area contributed by atoms with Gasteiger partial charge in [-0.1, -0.05) is 42.5 Å². The monoisotopic (exact) mass is 584 g/mol. The van der Waals surface area contributed by atoms with Gasteiger partial charge in [-0.05, 0) is 36.8 Å². The van der Waals surface area contributed by atoms with Crippen LogP contribution in [0.25, 0.3) is 43.6 Å². The first-order chi connectivity index (χ1) is 21.4. The van der Waals surface area contributed by atoms with Crippen molar-refractivity contribution in [3.8, 4) is 5.75 Å². The van der Waals surface area contributed by atoms with Gasteiger partial charge in [0.25, 0.3) is 5.91 Å². The lowest BCUT2D eigenvalue weighted by molar-refractivity contribution is -0.158. The number of amides is 1. The molecule has 3 atom stereocenters. The molecule has 10 rings (SSSR count). The fourth-order valence-corrected chi connectivity index (χ4v) is 8.38. The number of carbonyl (C=O) groups excluding carboxylic acids is 3. The number of hydrogen-bond acceptors (Lipinski definition) is 7. The number of ether oxygens (including phenoxy) is 3. The molecule has 0 aliphatic carbocycles. The van der Waals surface area contributed by atoms with Crippen LogP contribution >= 0.6 is 0 Å². The molecule has 0 saturated carbocycles. The van der Waals surface area contributed by atoms with Crippen molar-refractivity contribution >= 4 is 67.1 Å². The third kappa shape index (κ3) is 2.46. The van der Waals surface area contributed by atoms with Gasteiger partial charge in [0.1, 0.15) is 6.23 Å². The fourth-order valence-electron chi connectivity index (χ4n) is 8.38. The summed E-state index contributed by atoms with van der Waals surface area (Å²) >= 11 is 0. The lowest BCUT2D eigenvalue weighted by Crippen LogP contribution is -2.63. The van der Waals surface area contributed by atoms with Gasteiger partial charge >= 0.3 is 11.9 Å². The SMILES string of the molecule is COC(=O)c1cccc2c1NC1(C[C@H]3O[C@]1(C)n1c4ccccc4c4c5c(c6c7ccccc7n3c6c41)C(=O)NC5)C(=O)O2. The average molecular weight is 585 g/mol. The normalized spacial score (nSPS) is 24.5. The van der Waals surface area contributed by atoms with E-state index < -0.39 is 29.4 Å². The second kappa shape index (κ2) is 7.59. The van der Waals surface area contributed by atoms with Crippen LogP contribution in [0.1, 0.15) is 45.9 Å². The Balaban J connectivity index is 1.39. The zero-order valence-electron chi connectivity index (χ0n) is 23.7. The quantitative estimate of drug-likeness (QED) is 0.199. The lowest BCUT2D eigenvalue weighted by atomic mass is 9.83. The van der Waals surface area contributed by atoms with Gasteiger partial charge in [0.15, 0.2) is 17.0 Å². The Labute approximate surface area is 249 Å². The van der Waals surface area contributed by atoms with Gasteiger partial charge < -0.3 is 34.0 Å². The number of para-hydroxylation sites is 3. The third-order valence-corrected chi connectivity index (χ3v) is 10.2. The van der Waals surface area contributed by atoms with E-state index in [1.807, 2.05) is 49.4 Å². The molecule has 4 aromatic carbocycles. The van der Waals surface area contributed by atoms with E-state index in [0.29, 0.717) is 17.8 Å². The molecular formula is C34H24N4O6. The van der Waals surface area contributed by atoms with E-state index in [2.05, 4.69) is 25.8 Å². The maximum Gasteiger partial charge on any atom is 0.342 e. The molecule has 1 unspecified atom stereocenters. The van der Waals surface area contributed by atoms with Gasteiger partial charge in [0.05, 0.1) is 46.0 Å². The molecule has 44 heavy (non-hydrogen) atoms. The molecule has 1 fully saturated rings. The summed E-state index contributed by atoms with van der Waals surface area (Å²) in [5.74, 6) is -0.886. The van der Waals surface area contributed by atoms with Gasteiger partial charge in [-0.2, -0.15) is 0 Å². The Hall–Kier alpha value is -5.35. The second-order valence-corrected chi connectivity index (χ2v) is 12.1. The fraction of sp³-hybridized carbons (Fsp3) is 0.206. The number of hydrogen-bond donors (Lipinski definition) is 2. The van der Waals surface area contributed by atoms with Gasteiger partial charge in [0.2, 0.25) is 0 Å². The Kier molecular flexibility index (Phi) is 4.16. The van der Waals surface area contributed by atoms with E-state index in [1.165, 1.54) is 7.11 Å². The lowest BCUT2D eigenvalue weighted by Gasteiger charge is -2.45. The zero-order chi connectivity index (χ0) is 29.7. The van der Waals surface area contributed by atoms with E-state index in [4.69, 9.17) is 14.2 Å². The number of benzene rings is 4. The highest BCUT2D eigenvalue weighted by Crippen LogP contribution is 2.60. The molecule has 216 valence electrons. The number of fused-ring (bicyclic) bond motifs is 15. The maximum atomic E-state index is 14.4. The standard InChI is InChI=1S/C34H24N4O6/c1-33-34(32(41)43-22-13-7-10-18(27(22)36-34)31(40)42-2)14-23(44-33)37-20-11-5-3-8-16(20)25-26-19(15-35-30(26)39)24-17-9-4-6-12-21(17)38(33)29(24)28(25)37/h3-13,23,36H,14-15H2,1-2H3,(H,35,39)/t23-,33+,34?/m1/s1. The van der Waals surface area contributed by atoms with Crippen molar-refractivity contribution in [2.24, 2.45) is 0 Å². The van der Waals surface area contributed by atoms with Gasteiger partial charge in [-0.25, -0.2) is 9.59 Å². The molecule has 0 radical (unpaired) electrons. The highest BCUT2D eigenvalue weighted by molar-refractivity contribution is 6.31. The largest absolute Gasteiger partial charge is 0.465 e. The number of nitrogens with one attached hydrogen (secondary N) is 2. The van der Waals surface area contributed by atoms with Crippen LogP contribution in [-0.4, -0.2) is 39.6 Å². The summed E-state index contributed by atoms with van der Waals surface area (Å²) in [6.07, 6.45) is -0.416. The van der Waals surface area contributed by atoms with Gasteiger partial charge in [0, 0.05) is 34.5 Å². The summed E-state index contributed by atoms with van der Waals surface area (Å²) in [6.45, 7) is 2.31. The molecule has 6 heterocycles. The summed E-state index contributed by atoms with van der Waals surface area (Å²) in [5, 5.41) is 10.3. The van der Waals surface area contributed by atoms with Crippen LogP contribution in [0, 0.1) is 0 Å². The van der Waals surface area contributed by atoms with E-state index in [-0.39, 0.29) is 23.6 Å². The van der Waals surface area contributed by atoms with Crippen molar-refractivity contribution in [1.82, 2.24) is 14.5 Å². The minimum atomic E-state index is -1.44. The molecule has 4 aliphatic heterocycles. The van der Waals surface area contributed by atoms with Crippen molar-refractivity contribution in [3.05, 3.63) is 83.4 Å². The van der Waals surface area contributed by atoms with Crippen molar-refractivity contribution in [1.29, 1.82) is 0 Å². The van der Waals surface area contributed by atoms with Crippen LogP contribution < -0.4 is 15.4 Å².